The second kappa shape index (κ2) is 8.42. The molecule has 1 atom stereocenters. The first-order valence-electron chi connectivity index (χ1n) is 8.39. The van der Waals surface area contributed by atoms with Crippen LogP contribution in [0.4, 0.5) is 13.2 Å². The summed E-state index contributed by atoms with van der Waals surface area (Å²) in [6.45, 7) is 1.25. The van der Waals surface area contributed by atoms with Gasteiger partial charge in [-0.2, -0.15) is 20.3 Å². The number of carbonyl (C=O) groups excluding carboxylic acids is 1. The van der Waals surface area contributed by atoms with E-state index in [2.05, 4.69) is 20.3 Å². The predicted octanol–water partition coefficient (Wildman–Crippen LogP) is 5.00. The van der Waals surface area contributed by atoms with E-state index in [0.717, 1.165) is 29.1 Å². The highest BCUT2D eigenvalue weighted by Crippen LogP contribution is 2.34. The Balaban J connectivity index is 1.79. The molecule has 0 bridgehead atoms. The first kappa shape index (κ1) is 22.9. The molecule has 0 spiro atoms. The van der Waals surface area contributed by atoms with Crippen LogP contribution in [0.2, 0.25) is 15.1 Å². The number of aromatic nitrogens is 3. The van der Waals surface area contributed by atoms with Gasteiger partial charge in [-0.1, -0.05) is 34.8 Å². The fraction of sp³-hybridized carbons (Fsp3) is 0.222. The van der Waals surface area contributed by atoms with E-state index in [-0.39, 0.29) is 38.2 Å². The van der Waals surface area contributed by atoms with Crippen molar-refractivity contribution in [3.63, 3.8) is 0 Å². The molecule has 0 aliphatic heterocycles. The number of nitriles is 1. The SMILES string of the molecule is CC(C#N)(Cn1nc2c(Cl)cc(Cl)c(Cl)c2n1)NC(=O)c1ccc(OC(F)(F)F)cc1. The Hall–Kier alpha value is -2.74. The summed E-state index contributed by atoms with van der Waals surface area (Å²) in [4.78, 5) is 13.6. The van der Waals surface area contributed by atoms with E-state index in [1.54, 1.807) is 0 Å². The van der Waals surface area contributed by atoms with Crippen molar-refractivity contribution in [2.75, 3.05) is 0 Å². The van der Waals surface area contributed by atoms with Gasteiger partial charge in [-0.15, -0.1) is 13.2 Å². The topological polar surface area (TPSA) is 92.8 Å². The second-order valence-electron chi connectivity index (χ2n) is 6.55. The molecule has 1 aromatic heterocycles. The molecule has 0 aliphatic carbocycles. The first-order chi connectivity index (χ1) is 14.4. The fourth-order valence-electron chi connectivity index (χ4n) is 2.60. The van der Waals surface area contributed by atoms with Crippen molar-refractivity contribution in [2.45, 2.75) is 25.4 Å². The van der Waals surface area contributed by atoms with Gasteiger partial charge in [0.15, 0.2) is 0 Å². The van der Waals surface area contributed by atoms with E-state index >= 15 is 0 Å². The van der Waals surface area contributed by atoms with Crippen LogP contribution >= 0.6 is 34.8 Å². The maximum absolute atomic E-state index is 12.5. The summed E-state index contributed by atoms with van der Waals surface area (Å²) in [7, 11) is 0. The molecule has 0 aliphatic rings. The summed E-state index contributed by atoms with van der Waals surface area (Å²) in [5, 5.41) is 21.0. The van der Waals surface area contributed by atoms with Crippen LogP contribution in [-0.4, -0.2) is 32.8 Å². The molecular formula is C18H11Cl3F3N5O2. The van der Waals surface area contributed by atoms with Gasteiger partial charge in [0, 0.05) is 5.56 Å². The van der Waals surface area contributed by atoms with E-state index in [0.29, 0.717) is 0 Å². The van der Waals surface area contributed by atoms with E-state index in [1.165, 1.54) is 13.0 Å². The van der Waals surface area contributed by atoms with Crippen molar-refractivity contribution < 1.29 is 22.7 Å². The number of alkyl halides is 3. The molecule has 3 rings (SSSR count). The second-order valence-corrected chi connectivity index (χ2v) is 7.74. The zero-order valence-electron chi connectivity index (χ0n) is 15.5. The summed E-state index contributed by atoms with van der Waals surface area (Å²) >= 11 is 18.2. The molecule has 0 saturated heterocycles. The zero-order chi connectivity index (χ0) is 23.0. The van der Waals surface area contributed by atoms with E-state index < -0.39 is 23.6 Å². The first-order valence-corrected chi connectivity index (χ1v) is 9.52. The Morgan fingerprint density at radius 2 is 1.77 bits per heavy atom. The van der Waals surface area contributed by atoms with Crippen LogP contribution in [0, 0.1) is 11.3 Å². The van der Waals surface area contributed by atoms with Gasteiger partial charge < -0.3 is 10.1 Å². The highest BCUT2D eigenvalue weighted by Gasteiger charge is 2.32. The quantitative estimate of drug-likeness (QED) is 0.506. The van der Waals surface area contributed by atoms with Crippen LogP contribution in [0.5, 0.6) is 5.75 Å². The van der Waals surface area contributed by atoms with Gasteiger partial charge in [0.1, 0.15) is 22.3 Å². The normalized spacial score (nSPS) is 13.5. The van der Waals surface area contributed by atoms with Crippen LogP contribution in [-0.2, 0) is 6.54 Å². The molecule has 2 aromatic carbocycles. The molecule has 31 heavy (non-hydrogen) atoms. The van der Waals surface area contributed by atoms with E-state index in [1.807, 2.05) is 6.07 Å². The van der Waals surface area contributed by atoms with Crippen LogP contribution in [0.3, 0.4) is 0 Å². The number of halogens is 6. The molecule has 3 aromatic rings. The lowest BCUT2D eigenvalue weighted by molar-refractivity contribution is -0.274. The molecule has 1 unspecified atom stereocenters. The Labute approximate surface area is 188 Å². The number of benzene rings is 2. The molecular weight excluding hydrogens is 482 g/mol. The molecule has 13 heteroatoms. The van der Waals surface area contributed by atoms with Gasteiger partial charge in [0.2, 0.25) is 0 Å². The number of nitrogens with one attached hydrogen (secondary N) is 1. The molecule has 1 amide bonds. The lowest BCUT2D eigenvalue weighted by Gasteiger charge is -2.22. The van der Waals surface area contributed by atoms with Crippen molar-refractivity contribution in [3.05, 3.63) is 51.0 Å². The monoisotopic (exact) mass is 491 g/mol. The number of hydrogen-bond acceptors (Lipinski definition) is 5. The standard InChI is InChI=1S/C18H11Cl3F3N5O2/c1-17(7-25,8-29-27-14-12(20)6-11(19)13(21)15(14)28-29)26-16(30)9-2-4-10(5-3-9)31-18(22,23)24/h2-6H,8H2,1H3,(H,26,30). The van der Waals surface area contributed by atoms with Gasteiger partial charge >= 0.3 is 6.36 Å². The average Bonchev–Trinajstić information content (AvgIpc) is 3.09. The van der Waals surface area contributed by atoms with E-state index in [9.17, 15) is 23.2 Å². The fourth-order valence-corrected chi connectivity index (χ4v) is 3.27. The highest BCUT2D eigenvalue weighted by atomic mass is 35.5. The van der Waals surface area contributed by atoms with Crippen molar-refractivity contribution in [1.82, 2.24) is 20.3 Å². The number of hydrogen-bond donors (Lipinski definition) is 1. The van der Waals surface area contributed by atoms with Crippen molar-refractivity contribution in [3.8, 4) is 11.8 Å². The average molecular weight is 493 g/mol. The lowest BCUT2D eigenvalue weighted by Crippen LogP contribution is -2.48. The van der Waals surface area contributed by atoms with Gasteiger partial charge in [0.05, 0.1) is 27.7 Å². The number of nitrogens with zero attached hydrogens (tertiary/aromatic N) is 4. The van der Waals surface area contributed by atoms with Gasteiger partial charge in [-0.05, 0) is 37.3 Å². The molecule has 1 heterocycles. The third kappa shape index (κ3) is 5.31. The zero-order valence-corrected chi connectivity index (χ0v) is 17.7. The number of fused-ring (bicyclic) bond motifs is 1. The minimum atomic E-state index is -4.85. The lowest BCUT2D eigenvalue weighted by atomic mass is 10.0. The summed E-state index contributed by atoms with van der Waals surface area (Å²) in [5.74, 6) is -1.18. The predicted molar refractivity (Wildman–Crippen MR) is 107 cm³/mol. The van der Waals surface area contributed by atoms with E-state index in [4.69, 9.17) is 34.8 Å². The Kier molecular flexibility index (Phi) is 6.23. The maximum Gasteiger partial charge on any atom is 0.573 e. The van der Waals surface area contributed by atoms with Crippen LogP contribution in [0.25, 0.3) is 11.0 Å². The van der Waals surface area contributed by atoms with Crippen molar-refractivity contribution >= 4 is 51.7 Å². The molecule has 7 nitrogen and oxygen atoms in total. The third-order valence-electron chi connectivity index (χ3n) is 4.00. The largest absolute Gasteiger partial charge is 0.573 e. The Morgan fingerprint density at radius 1 is 1.16 bits per heavy atom. The van der Waals surface area contributed by atoms with Crippen molar-refractivity contribution in [2.24, 2.45) is 0 Å². The summed E-state index contributed by atoms with van der Waals surface area (Å²) < 4.78 is 40.5. The van der Waals surface area contributed by atoms with Crippen LogP contribution in [0.1, 0.15) is 17.3 Å². The summed E-state index contributed by atoms with van der Waals surface area (Å²) in [6.07, 6.45) is -4.85. The maximum atomic E-state index is 12.5. The van der Waals surface area contributed by atoms with Gasteiger partial charge in [-0.3, -0.25) is 4.79 Å². The van der Waals surface area contributed by atoms with Crippen LogP contribution in [0.15, 0.2) is 30.3 Å². The van der Waals surface area contributed by atoms with Crippen molar-refractivity contribution in [1.29, 1.82) is 5.26 Å². The Morgan fingerprint density at radius 3 is 2.35 bits per heavy atom. The Bertz CT molecular complexity index is 1190. The van der Waals surface area contributed by atoms with Gasteiger partial charge in [-0.25, -0.2) is 0 Å². The molecule has 162 valence electrons. The summed E-state index contributed by atoms with van der Waals surface area (Å²) in [6, 6.07) is 7.61. The summed E-state index contributed by atoms with van der Waals surface area (Å²) in [5.41, 5.74) is -0.961. The smallest absolute Gasteiger partial charge is 0.406 e. The number of ether oxygens (including phenoxy) is 1. The third-order valence-corrected chi connectivity index (χ3v) is 5.06. The number of rotatable bonds is 5. The minimum Gasteiger partial charge on any atom is -0.406 e. The van der Waals surface area contributed by atoms with Crippen LogP contribution < -0.4 is 10.1 Å². The number of amides is 1. The molecule has 1 N–H and O–H groups in total. The minimum absolute atomic E-state index is 0.0208. The molecule has 0 radical (unpaired) electrons. The number of carbonyl (C=O) groups is 1. The highest BCUT2D eigenvalue weighted by molar-refractivity contribution is 6.47. The molecule has 0 fully saturated rings. The molecule has 0 saturated carbocycles. The van der Waals surface area contributed by atoms with Gasteiger partial charge in [0.25, 0.3) is 5.91 Å².